The van der Waals surface area contributed by atoms with Crippen LogP contribution in [0.5, 0.6) is 0 Å². The average Bonchev–Trinajstić information content (AvgIpc) is 2.40. The third-order valence-electron chi connectivity index (χ3n) is 3.24. The van der Waals surface area contributed by atoms with Crippen molar-refractivity contribution in [2.45, 2.75) is 17.9 Å². The minimum Gasteiger partial charge on any atom is -0.381 e. The first-order valence-electron chi connectivity index (χ1n) is 6.16. The van der Waals surface area contributed by atoms with E-state index in [4.69, 9.17) is 4.74 Å². The summed E-state index contributed by atoms with van der Waals surface area (Å²) in [5.41, 5.74) is 0. The van der Waals surface area contributed by atoms with Gasteiger partial charge in [0.1, 0.15) is 0 Å². The van der Waals surface area contributed by atoms with Crippen LogP contribution < -0.4 is 0 Å². The van der Waals surface area contributed by atoms with E-state index in [9.17, 15) is 12.8 Å². The van der Waals surface area contributed by atoms with E-state index in [0.717, 1.165) is 18.9 Å². The van der Waals surface area contributed by atoms with Gasteiger partial charge in [-0.25, -0.2) is 17.8 Å². The summed E-state index contributed by atoms with van der Waals surface area (Å²) in [6.45, 7) is 1.66. The van der Waals surface area contributed by atoms with Crippen LogP contribution in [0.15, 0.2) is 23.4 Å². The Balaban J connectivity index is 2.13. The maximum atomic E-state index is 13.5. The van der Waals surface area contributed by atoms with Gasteiger partial charge in [-0.1, -0.05) is 0 Å². The molecule has 1 aromatic rings. The fourth-order valence-corrected chi connectivity index (χ4v) is 3.31. The molecule has 106 valence electrons. The van der Waals surface area contributed by atoms with Crippen molar-refractivity contribution in [3.63, 3.8) is 0 Å². The summed E-state index contributed by atoms with van der Waals surface area (Å²) in [7, 11) is -2.41. The summed E-state index contributed by atoms with van der Waals surface area (Å²) in [6, 6.07) is 2.47. The van der Waals surface area contributed by atoms with Gasteiger partial charge in [-0.15, -0.1) is 0 Å². The number of ether oxygens (including phenoxy) is 1. The molecule has 7 heteroatoms. The van der Waals surface area contributed by atoms with E-state index in [-0.39, 0.29) is 5.92 Å². The van der Waals surface area contributed by atoms with E-state index in [1.165, 1.54) is 23.6 Å². The van der Waals surface area contributed by atoms with Crippen LogP contribution in [0.1, 0.15) is 12.8 Å². The Bertz CT molecular complexity index is 530. The van der Waals surface area contributed by atoms with Crippen LogP contribution in [0.4, 0.5) is 4.39 Å². The van der Waals surface area contributed by atoms with Crippen LogP contribution in [-0.4, -0.2) is 44.5 Å². The molecule has 0 amide bonds. The van der Waals surface area contributed by atoms with Crippen LogP contribution >= 0.6 is 0 Å². The maximum absolute atomic E-state index is 13.5. The molecule has 19 heavy (non-hydrogen) atoms. The topological polar surface area (TPSA) is 59.5 Å². The van der Waals surface area contributed by atoms with E-state index >= 15 is 0 Å². The molecular formula is C12H17FN2O3S. The Morgan fingerprint density at radius 1 is 1.47 bits per heavy atom. The minimum atomic E-state index is -3.86. The van der Waals surface area contributed by atoms with E-state index < -0.39 is 20.9 Å². The molecule has 0 bridgehead atoms. The molecule has 0 aromatic carbocycles. The van der Waals surface area contributed by atoms with Gasteiger partial charge >= 0.3 is 0 Å². The Kier molecular flexibility index (Phi) is 4.49. The number of nitrogens with zero attached hydrogens (tertiary/aromatic N) is 2. The number of pyridine rings is 1. The van der Waals surface area contributed by atoms with E-state index in [1.54, 1.807) is 0 Å². The predicted octanol–water partition coefficient (Wildman–Crippen LogP) is 1.27. The number of sulfonamides is 1. The van der Waals surface area contributed by atoms with Crippen LogP contribution in [0.3, 0.4) is 0 Å². The number of hydrogen-bond acceptors (Lipinski definition) is 4. The van der Waals surface area contributed by atoms with Crippen LogP contribution in [-0.2, 0) is 14.8 Å². The van der Waals surface area contributed by atoms with Crippen molar-refractivity contribution >= 4 is 10.0 Å². The van der Waals surface area contributed by atoms with Crippen molar-refractivity contribution in [2.75, 3.05) is 26.8 Å². The Morgan fingerprint density at radius 3 is 2.79 bits per heavy atom. The fourth-order valence-electron chi connectivity index (χ4n) is 2.10. The lowest BCUT2D eigenvalue weighted by Gasteiger charge is -2.26. The smallest absolute Gasteiger partial charge is 0.263 e. The van der Waals surface area contributed by atoms with E-state index in [1.807, 2.05) is 0 Å². The predicted molar refractivity (Wildman–Crippen MR) is 67.6 cm³/mol. The third-order valence-corrected chi connectivity index (χ3v) is 4.99. The van der Waals surface area contributed by atoms with Crippen molar-refractivity contribution in [1.82, 2.24) is 9.29 Å². The molecule has 1 aromatic heterocycles. The molecule has 5 nitrogen and oxygen atoms in total. The zero-order valence-corrected chi connectivity index (χ0v) is 11.6. The molecule has 0 radical (unpaired) electrons. The Hall–Kier alpha value is -1.05. The molecule has 0 spiro atoms. The lowest BCUT2D eigenvalue weighted by atomic mass is 10.0. The fraction of sp³-hybridized carbons (Fsp3) is 0.583. The highest BCUT2D eigenvalue weighted by atomic mass is 32.2. The summed E-state index contributed by atoms with van der Waals surface area (Å²) >= 11 is 0. The molecule has 1 saturated heterocycles. The van der Waals surface area contributed by atoms with E-state index in [0.29, 0.717) is 19.8 Å². The number of rotatable bonds is 4. The zero-order chi connectivity index (χ0) is 13.9. The second-order valence-electron chi connectivity index (χ2n) is 4.63. The quantitative estimate of drug-likeness (QED) is 0.837. The number of hydrogen-bond donors (Lipinski definition) is 0. The molecule has 2 heterocycles. The highest BCUT2D eigenvalue weighted by Crippen LogP contribution is 2.20. The van der Waals surface area contributed by atoms with Crippen LogP contribution in [0.25, 0.3) is 0 Å². The monoisotopic (exact) mass is 288 g/mol. The van der Waals surface area contributed by atoms with Gasteiger partial charge in [-0.2, -0.15) is 4.31 Å². The molecule has 1 aliphatic rings. The van der Waals surface area contributed by atoms with Crippen molar-refractivity contribution in [3.8, 4) is 0 Å². The van der Waals surface area contributed by atoms with Gasteiger partial charge in [0.2, 0.25) is 5.03 Å². The van der Waals surface area contributed by atoms with Gasteiger partial charge in [0.25, 0.3) is 10.0 Å². The Morgan fingerprint density at radius 2 is 2.16 bits per heavy atom. The zero-order valence-electron chi connectivity index (χ0n) is 10.8. The summed E-state index contributed by atoms with van der Waals surface area (Å²) in [6.07, 6.45) is 2.92. The Labute approximate surface area is 112 Å². The van der Waals surface area contributed by atoms with Crippen LogP contribution in [0.2, 0.25) is 0 Å². The first-order valence-corrected chi connectivity index (χ1v) is 7.60. The lowest BCUT2D eigenvalue weighted by Crippen LogP contribution is -2.35. The molecule has 0 atom stereocenters. The third kappa shape index (κ3) is 3.29. The first kappa shape index (κ1) is 14.4. The van der Waals surface area contributed by atoms with Crippen LogP contribution in [0, 0.1) is 11.7 Å². The molecule has 1 fully saturated rings. The van der Waals surface area contributed by atoms with E-state index in [2.05, 4.69) is 4.98 Å². The van der Waals surface area contributed by atoms with Crippen molar-refractivity contribution in [2.24, 2.45) is 5.92 Å². The summed E-state index contributed by atoms with van der Waals surface area (Å²) in [5, 5.41) is -0.510. The molecule has 0 aliphatic carbocycles. The second kappa shape index (κ2) is 5.94. The van der Waals surface area contributed by atoms with Gasteiger partial charge in [0.05, 0.1) is 0 Å². The van der Waals surface area contributed by atoms with Crippen molar-refractivity contribution < 1.29 is 17.5 Å². The SMILES string of the molecule is CN(CC1CCOCC1)S(=O)(=O)c1ncccc1F. The molecular weight excluding hydrogens is 271 g/mol. The van der Waals surface area contributed by atoms with Crippen molar-refractivity contribution in [1.29, 1.82) is 0 Å². The lowest BCUT2D eigenvalue weighted by molar-refractivity contribution is 0.0620. The first-order chi connectivity index (χ1) is 9.01. The maximum Gasteiger partial charge on any atom is 0.263 e. The highest BCUT2D eigenvalue weighted by Gasteiger charge is 2.28. The standard InChI is InChI=1S/C12H17FN2O3S/c1-15(9-10-4-7-18-8-5-10)19(16,17)12-11(13)3-2-6-14-12/h2-3,6,10H,4-5,7-9H2,1H3. The van der Waals surface area contributed by atoms with Gasteiger partial charge in [-0.05, 0) is 30.9 Å². The van der Waals surface area contributed by atoms with Gasteiger partial charge in [0.15, 0.2) is 5.82 Å². The number of halogens is 1. The van der Waals surface area contributed by atoms with Crippen molar-refractivity contribution in [3.05, 3.63) is 24.1 Å². The molecule has 0 saturated carbocycles. The summed E-state index contributed by atoms with van der Waals surface area (Å²) < 4.78 is 44.4. The molecule has 0 unspecified atom stereocenters. The minimum absolute atomic E-state index is 0.250. The molecule has 2 rings (SSSR count). The average molecular weight is 288 g/mol. The summed E-state index contributed by atoms with van der Waals surface area (Å²) in [5.74, 6) is -0.568. The summed E-state index contributed by atoms with van der Waals surface area (Å²) in [4.78, 5) is 3.63. The molecule has 1 aliphatic heterocycles. The normalized spacial score (nSPS) is 17.8. The van der Waals surface area contributed by atoms with Gasteiger partial charge in [-0.3, -0.25) is 0 Å². The highest BCUT2D eigenvalue weighted by molar-refractivity contribution is 7.89. The van der Waals surface area contributed by atoms with Gasteiger partial charge < -0.3 is 4.74 Å². The largest absolute Gasteiger partial charge is 0.381 e. The second-order valence-corrected chi connectivity index (χ2v) is 6.59. The molecule has 0 N–H and O–H groups in total. The van der Waals surface area contributed by atoms with Gasteiger partial charge in [0, 0.05) is 33.0 Å². The number of aromatic nitrogens is 1.